The Bertz CT molecular complexity index is 1010. The lowest BCUT2D eigenvalue weighted by Crippen LogP contribution is -2.28. The molecule has 0 aliphatic rings. The Hall–Kier alpha value is -1.62. The molecule has 0 fully saturated rings. The Morgan fingerprint density at radius 1 is 0.333 bits per heavy atom. The summed E-state index contributed by atoms with van der Waals surface area (Å²) in [5, 5.41) is 9.62. The Morgan fingerprint density at radius 2 is 0.561 bits per heavy atom. The van der Waals surface area contributed by atoms with Crippen LogP contribution in [0.2, 0.25) is 0 Å². The molecule has 0 saturated carbocycles. The van der Waals surface area contributed by atoms with Gasteiger partial charge in [0.2, 0.25) is 0 Å². The predicted molar refractivity (Wildman–Crippen MR) is 288 cm³/mol. The van der Waals surface area contributed by atoms with Gasteiger partial charge in [0, 0.05) is 12.8 Å². The number of carbonyl (C=O) groups excluding carboxylic acids is 2. The van der Waals surface area contributed by atoms with Crippen LogP contribution in [0, 0.1) is 0 Å². The van der Waals surface area contributed by atoms with Gasteiger partial charge in [0.25, 0.3) is 0 Å². The number of esters is 2. The normalized spacial score (nSPS) is 12.2. The molecule has 0 rings (SSSR count). The highest BCUT2D eigenvalue weighted by Crippen LogP contribution is 2.18. The number of ether oxygens (including phenoxy) is 2. The fraction of sp³-hybridized carbons (Fsp3) is 0.902. The van der Waals surface area contributed by atoms with Crippen LogP contribution in [-0.2, 0) is 19.1 Å². The van der Waals surface area contributed by atoms with Crippen LogP contribution < -0.4 is 0 Å². The Balaban J connectivity index is 3.34. The number of aliphatic hydroxyl groups is 1. The van der Waals surface area contributed by atoms with E-state index in [2.05, 4.69) is 38.2 Å². The van der Waals surface area contributed by atoms with Gasteiger partial charge in [-0.05, 0) is 64.2 Å². The third-order valence-corrected chi connectivity index (χ3v) is 13.7. The van der Waals surface area contributed by atoms with Crippen LogP contribution in [0.4, 0.5) is 0 Å². The molecule has 1 unspecified atom stereocenters. The molecule has 5 nitrogen and oxygen atoms in total. The van der Waals surface area contributed by atoms with Gasteiger partial charge in [-0.1, -0.05) is 282 Å². The van der Waals surface area contributed by atoms with Crippen LogP contribution in [0.15, 0.2) is 24.3 Å². The first-order chi connectivity index (χ1) is 32.6. The van der Waals surface area contributed by atoms with E-state index < -0.39 is 6.10 Å². The minimum absolute atomic E-state index is 0.0647. The lowest BCUT2D eigenvalue weighted by atomic mass is 10.0. The van der Waals surface area contributed by atoms with Gasteiger partial charge in [-0.3, -0.25) is 9.59 Å². The molecule has 1 atom stereocenters. The van der Waals surface area contributed by atoms with Gasteiger partial charge >= 0.3 is 11.9 Å². The van der Waals surface area contributed by atoms with Crippen molar-refractivity contribution in [1.82, 2.24) is 0 Å². The third kappa shape index (κ3) is 55.0. The van der Waals surface area contributed by atoms with Crippen molar-refractivity contribution in [2.45, 2.75) is 341 Å². The summed E-state index contributed by atoms with van der Waals surface area (Å²) < 4.78 is 10.7. The van der Waals surface area contributed by atoms with Crippen LogP contribution in [0.5, 0.6) is 0 Å². The van der Waals surface area contributed by atoms with Crippen molar-refractivity contribution in [3.63, 3.8) is 0 Å². The highest BCUT2D eigenvalue weighted by atomic mass is 16.6. The molecule has 66 heavy (non-hydrogen) atoms. The molecular formula is C61H116O5. The minimum Gasteiger partial charge on any atom is -0.462 e. The van der Waals surface area contributed by atoms with Gasteiger partial charge in [-0.25, -0.2) is 0 Å². The Kier molecular flexibility index (Phi) is 56.3. The quantitative estimate of drug-likeness (QED) is 0.0374. The summed E-state index contributed by atoms with van der Waals surface area (Å²) in [6, 6.07) is 0. The van der Waals surface area contributed by atoms with Crippen molar-refractivity contribution in [1.29, 1.82) is 0 Å². The van der Waals surface area contributed by atoms with Gasteiger partial charge in [0.1, 0.15) is 6.61 Å². The molecule has 0 heterocycles. The van der Waals surface area contributed by atoms with Gasteiger partial charge in [0.15, 0.2) is 6.10 Å². The monoisotopic (exact) mass is 929 g/mol. The van der Waals surface area contributed by atoms with Crippen molar-refractivity contribution in [3.8, 4) is 0 Å². The van der Waals surface area contributed by atoms with Gasteiger partial charge in [0.05, 0.1) is 6.61 Å². The van der Waals surface area contributed by atoms with Crippen LogP contribution in [0.3, 0.4) is 0 Å². The largest absolute Gasteiger partial charge is 0.462 e. The fourth-order valence-corrected chi connectivity index (χ4v) is 9.20. The Morgan fingerprint density at radius 3 is 0.833 bits per heavy atom. The smallest absolute Gasteiger partial charge is 0.306 e. The van der Waals surface area contributed by atoms with Crippen molar-refractivity contribution in [2.75, 3.05) is 13.2 Å². The first kappa shape index (κ1) is 64.4. The second-order valence-electron chi connectivity index (χ2n) is 20.4. The predicted octanol–water partition coefficient (Wildman–Crippen LogP) is 20.1. The van der Waals surface area contributed by atoms with Crippen molar-refractivity contribution >= 4 is 11.9 Å². The lowest BCUT2D eigenvalue weighted by Gasteiger charge is -2.15. The van der Waals surface area contributed by atoms with E-state index in [0.717, 1.165) is 44.9 Å². The van der Waals surface area contributed by atoms with E-state index in [0.29, 0.717) is 12.8 Å². The zero-order valence-electron chi connectivity index (χ0n) is 44.7. The van der Waals surface area contributed by atoms with Crippen molar-refractivity contribution in [3.05, 3.63) is 24.3 Å². The van der Waals surface area contributed by atoms with Gasteiger partial charge in [-0.2, -0.15) is 0 Å². The molecular weight excluding hydrogens is 813 g/mol. The SMILES string of the molecule is CCCCCC/C=C\CCCCCCCC(=O)OCC(CO)OC(=O)CCCCCCCCCCCCCCCCCCCCCCCCCCCCC/C=C\CCCCCCCCCC. The molecule has 0 amide bonds. The number of unbranched alkanes of at least 4 members (excludes halogenated alkanes) is 44. The molecule has 0 aromatic heterocycles. The second-order valence-corrected chi connectivity index (χ2v) is 20.4. The summed E-state index contributed by atoms with van der Waals surface area (Å²) in [5.41, 5.74) is 0. The van der Waals surface area contributed by atoms with Crippen molar-refractivity contribution in [2.24, 2.45) is 0 Å². The molecule has 0 aromatic carbocycles. The van der Waals surface area contributed by atoms with E-state index in [9.17, 15) is 14.7 Å². The molecule has 5 heteroatoms. The topological polar surface area (TPSA) is 72.8 Å². The van der Waals surface area contributed by atoms with E-state index in [1.165, 1.54) is 263 Å². The maximum atomic E-state index is 12.3. The first-order valence-corrected chi connectivity index (χ1v) is 29.9. The number of rotatable bonds is 56. The molecule has 0 aliphatic carbocycles. The summed E-state index contributed by atoms with van der Waals surface area (Å²) in [4.78, 5) is 24.4. The summed E-state index contributed by atoms with van der Waals surface area (Å²) in [7, 11) is 0. The highest BCUT2D eigenvalue weighted by molar-refractivity contribution is 5.70. The molecule has 0 radical (unpaired) electrons. The molecule has 0 aliphatic heterocycles. The summed E-state index contributed by atoms with van der Waals surface area (Å²) in [5.74, 6) is -0.585. The summed E-state index contributed by atoms with van der Waals surface area (Å²) >= 11 is 0. The van der Waals surface area contributed by atoms with E-state index in [4.69, 9.17) is 9.47 Å². The zero-order chi connectivity index (χ0) is 47.7. The fourth-order valence-electron chi connectivity index (χ4n) is 9.20. The summed E-state index contributed by atoms with van der Waals surface area (Å²) in [6.45, 7) is 4.15. The van der Waals surface area contributed by atoms with Crippen LogP contribution in [0.25, 0.3) is 0 Å². The van der Waals surface area contributed by atoms with Gasteiger partial charge < -0.3 is 14.6 Å². The van der Waals surface area contributed by atoms with Crippen LogP contribution >= 0.6 is 0 Å². The second kappa shape index (κ2) is 57.7. The molecule has 0 aromatic rings. The van der Waals surface area contributed by atoms with Crippen LogP contribution in [0.1, 0.15) is 335 Å². The lowest BCUT2D eigenvalue weighted by molar-refractivity contribution is -0.161. The van der Waals surface area contributed by atoms with E-state index in [1.807, 2.05) is 0 Å². The minimum atomic E-state index is -0.770. The van der Waals surface area contributed by atoms with E-state index in [1.54, 1.807) is 0 Å². The Labute approximate surface area is 413 Å². The van der Waals surface area contributed by atoms with E-state index in [-0.39, 0.29) is 25.2 Å². The molecule has 390 valence electrons. The number of allylic oxidation sites excluding steroid dienone is 4. The zero-order valence-corrected chi connectivity index (χ0v) is 44.7. The third-order valence-electron chi connectivity index (χ3n) is 13.7. The number of hydrogen-bond donors (Lipinski definition) is 1. The standard InChI is InChI=1S/C61H116O5/c1-3-5-7-9-11-13-15-17-18-19-20-21-22-23-24-25-26-27-28-29-30-31-32-33-34-35-36-37-38-39-40-41-42-44-46-48-50-52-54-56-61(64)66-59(57-62)58-65-60(63)55-53-51-49-47-45-43-16-14-12-10-8-6-4-2/h14,16,19-20,59,62H,3-13,15,17-18,21-58H2,1-2H3/b16-14-,20-19-. The highest BCUT2D eigenvalue weighted by Gasteiger charge is 2.16. The average molecular weight is 930 g/mol. The first-order valence-electron chi connectivity index (χ1n) is 29.9. The maximum Gasteiger partial charge on any atom is 0.306 e. The summed E-state index contributed by atoms with van der Waals surface area (Å²) in [6.07, 6.45) is 73.4. The van der Waals surface area contributed by atoms with E-state index >= 15 is 0 Å². The molecule has 1 N–H and O–H groups in total. The maximum absolute atomic E-state index is 12.3. The molecule has 0 spiro atoms. The number of aliphatic hydroxyl groups excluding tert-OH is 1. The van der Waals surface area contributed by atoms with Crippen LogP contribution in [-0.4, -0.2) is 36.4 Å². The number of hydrogen-bond acceptors (Lipinski definition) is 5. The van der Waals surface area contributed by atoms with Crippen molar-refractivity contribution < 1.29 is 24.2 Å². The number of carbonyl (C=O) groups is 2. The molecule has 0 bridgehead atoms. The van der Waals surface area contributed by atoms with Gasteiger partial charge in [-0.15, -0.1) is 0 Å². The molecule has 0 saturated heterocycles. The average Bonchev–Trinajstić information content (AvgIpc) is 3.32.